The Labute approximate surface area is 106 Å². The Balaban J connectivity index is 2.75. The predicted octanol–water partition coefficient (Wildman–Crippen LogP) is 1.77. The van der Waals surface area contributed by atoms with Crippen molar-refractivity contribution in [1.29, 1.82) is 0 Å². The molecule has 0 aromatic heterocycles. The van der Waals surface area contributed by atoms with Gasteiger partial charge in [0.2, 0.25) is 5.91 Å². The van der Waals surface area contributed by atoms with Gasteiger partial charge in [-0.15, -0.1) is 0 Å². The van der Waals surface area contributed by atoms with Gasteiger partial charge in [-0.1, -0.05) is 0 Å². The van der Waals surface area contributed by atoms with Crippen molar-refractivity contribution in [1.82, 2.24) is 5.32 Å². The number of carbonyl (C=O) groups excluding carboxylic acids is 1. The molecule has 6 heteroatoms. The lowest BCUT2D eigenvalue weighted by molar-refractivity contribution is -0.121. The summed E-state index contributed by atoms with van der Waals surface area (Å²) in [6.07, 6.45) is -0.264. The molecule has 0 saturated heterocycles. The lowest BCUT2D eigenvalue weighted by Gasteiger charge is -2.11. The zero-order valence-electron chi connectivity index (χ0n) is 9.14. The van der Waals surface area contributed by atoms with Crippen LogP contribution >= 0.6 is 15.9 Å². The van der Waals surface area contributed by atoms with Gasteiger partial charge in [0.1, 0.15) is 11.6 Å². The number of aliphatic hydroxyl groups excluding tert-OH is 1. The summed E-state index contributed by atoms with van der Waals surface area (Å²) in [6, 6.07) is 1.54. The molecule has 1 aromatic carbocycles. The lowest BCUT2D eigenvalue weighted by Crippen LogP contribution is -2.36. The highest BCUT2D eigenvalue weighted by Crippen LogP contribution is 2.20. The third kappa shape index (κ3) is 4.05. The van der Waals surface area contributed by atoms with Crippen LogP contribution in [-0.4, -0.2) is 23.7 Å². The summed E-state index contributed by atoms with van der Waals surface area (Å²) in [6.45, 7) is 1.40. The van der Waals surface area contributed by atoms with Crippen LogP contribution in [0.1, 0.15) is 12.5 Å². The molecule has 0 bridgehead atoms. The molecule has 0 spiro atoms. The highest BCUT2D eigenvalue weighted by Gasteiger charge is 2.13. The van der Waals surface area contributed by atoms with Gasteiger partial charge in [-0.2, -0.15) is 0 Å². The zero-order valence-corrected chi connectivity index (χ0v) is 10.7. The Kier molecular flexibility index (Phi) is 5.02. The molecule has 17 heavy (non-hydrogen) atoms. The van der Waals surface area contributed by atoms with Gasteiger partial charge in [-0.3, -0.25) is 4.79 Å². The van der Waals surface area contributed by atoms with E-state index in [1.807, 2.05) is 0 Å². The van der Waals surface area contributed by atoms with Crippen LogP contribution in [0.5, 0.6) is 0 Å². The zero-order chi connectivity index (χ0) is 13.0. The highest BCUT2D eigenvalue weighted by molar-refractivity contribution is 9.10. The van der Waals surface area contributed by atoms with E-state index in [-0.39, 0.29) is 23.1 Å². The standard InChI is InChI=1S/C11H12BrF2NO2/c1-6(5-16)15-11(17)3-7-2-10(14)8(12)4-9(7)13/h2,4,6,16H,3,5H2,1H3,(H,15,17)/t6-/m0/s1. The number of benzene rings is 1. The Morgan fingerprint density at radius 3 is 2.71 bits per heavy atom. The second-order valence-electron chi connectivity index (χ2n) is 3.69. The molecule has 2 N–H and O–H groups in total. The van der Waals surface area contributed by atoms with Crippen molar-refractivity contribution in [2.24, 2.45) is 0 Å². The van der Waals surface area contributed by atoms with Crippen LogP contribution in [0.2, 0.25) is 0 Å². The first-order valence-corrected chi connectivity index (χ1v) is 5.77. The number of rotatable bonds is 4. The average Bonchev–Trinajstić information content (AvgIpc) is 2.25. The second-order valence-corrected chi connectivity index (χ2v) is 4.54. The summed E-state index contributed by atoms with van der Waals surface area (Å²) >= 11 is 2.85. The first kappa shape index (κ1) is 14.1. The molecule has 0 fully saturated rings. The summed E-state index contributed by atoms with van der Waals surface area (Å²) in [5, 5.41) is 11.2. The molecule has 0 unspecified atom stereocenters. The summed E-state index contributed by atoms with van der Waals surface area (Å²) < 4.78 is 26.6. The molecular formula is C11H12BrF2NO2. The fourth-order valence-corrected chi connectivity index (χ4v) is 1.56. The van der Waals surface area contributed by atoms with Gasteiger partial charge in [-0.25, -0.2) is 8.78 Å². The summed E-state index contributed by atoms with van der Waals surface area (Å²) in [5.74, 6) is -1.73. The maximum Gasteiger partial charge on any atom is 0.224 e. The van der Waals surface area contributed by atoms with Crippen LogP contribution in [0.3, 0.4) is 0 Å². The molecule has 0 heterocycles. The molecule has 1 amide bonds. The lowest BCUT2D eigenvalue weighted by atomic mass is 10.1. The molecule has 1 rings (SSSR count). The van der Waals surface area contributed by atoms with Gasteiger partial charge in [-0.05, 0) is 35.0 Å². The minimum Gasteiger partial charge on any atom is -0.394 e. The number of carbonyl (C=O) groups is 1. The number of amides is 1. The van der Waals surface area contributed by atoms with E-state index in [4.69, 9.17) is 5.11 Å². The molecule has 3 nitrogen and oxygen atoms in total. The van der Waals surface area contributed by atoms with E-state index >= 15 is 0 Å². The summed E-state index contributed by atoms with van der Waals surface area (Å²) in [4.78, 5) is 11.4. The molecule has 94 valence electrons. The van der Waals surface area contributed by atoms with Crippen LogP contribution in [0.4, 0.5) is 8.78 Å². The molecule has 1 atom stereocenters. The fourth-order valence-electron chi connectivity index (χ4n) is 1.24. The van der Waals surface area contributed by atoms with E-state index in [1.54, 1.807) is 6.92 Å². The van der Waals surface area contributed by atoms with Gasteiger partial charge < -0.3 is 10.4 Å². The van der Waals surface area contributed by atoms with Crippen molar-refractivity contribution in [3.8, 4) is 0 Å². The van der Waals surface area contributed by atoms with Crippen LogP contribution in [-0.2, 0) is 11.2 Å². The van der Waals surface area contributed by atoms with E-state index in [2.05, 4.69) is 21.2 Å². The molecule has 0 aliphatic rings. The monoisotopic (exact) mass is 307 g/mol. The quantitative estimate of drug-likeness (QED) is 0.833. The van der Waals surface area contributed by atoms with Crippen molar-refractivity contribution in [3.05, 3.63) is 33.8 Å². The van der Waals surface area contributed by atoms with Crippen LogP contribution in [0.25, 0.3) is 0 Å². The maximum atomic E-state index is 13.4. The second kappa shape index (κ2) is 6.07. The first-order chi connectivity index (χ1) is 7.93. The molecular weight excluding hydrogens is 296 g/mol. The molecule has 1 aromatic rings. The third-order valence-electron chi connectivity index (χ3n) is 2.12. The third-order valence-corrected chi connectivity index (χ3v) is 2.73. The number of nitrogens with one attached hydrogen (secondary N) is 1. The van der Waals surface area contributed by atoms with E-state index in [0.717, 1.165) is 12.1 Å². The summed E-state index contributed by atoms with van der Waals surface area (Å²) in [7, 11) is 0. The van der Waals surface area contributed by atoms with E-state index < -0.39 is 23.6 Å². The molecule has 0 saturated carbocycles. The van der Waals surface area contributed by atoms with Crippen molar-refractivity contribution in [3.63, 3.8) is 0 Å². The number of hydrogen-bond donors (Lipinski definition) is 2. The number of halogens is 3. The van der Waals surface area contributed by atoms with Gasteiger partial charge >= 0.3 is 0 Å². The maximum absolute atomic E-state index is 13.4. The Bertz CT molecular complexity index is 426. The van der Waals surface area contributed by atoms with Crippen molar-refractivity contribution >= 4 is 21.8 Å². The molecule has 0 radical (unpaired) electrons. The van der Waals surface area contributed by atoms with Crippen molar-refractivity contribution in [2.75, 3.05) is 6.61 Å². The van der Waals surface area contributed by atoms with Crippen LogP contribution in [0, 0.1) is 11.6 Å². The first-order valence-electron chi connectivity index (χ1n) is 4.97. The van der Waals surface area contributed by atoms with Crippen molar-refractivity contribution in [2.45, 2.75) is 19.4 Å². The number of hydrogen-bond acceptors (Lipinski definition) is 2. The normalized spacial score (nSPS) is 12.3. The SMILES string of the molecule is C[C@@H](CO)NC(=O)Cc1cc(F)c(Br)cc1F. The Hall–Kier alpha value is -1.01. The van der Waals surface area contributed by atoms with E-state index in [9.17, 15) is 13.6 Å². The van der Waals surface area contributed by atoms with E-state index in [1.165, 1.54) is 0 Å². The average molecular weight is 308 g/mol. The van der Waals surface area contributed by atoms with Crippen LogP contribution in [0.15, 0.2) is 16.6 Å². The van der Waals surface area contributed by atoms with Crippen LogP contribution < -0.4 is 5.32 Å². The summed E-state index contributed by atoms with van der Waals surface area (Å²) in [5.41, 5.74) is -0.0201. The van der Waals surface area contributed by atoms with Gasteiger partial charge in [0, 0.05) is 11.6 Å². The number of aliphatic hydroxyl groups is 1. The molecule has 0 aliphatic heterocycles. The van der Waals surface area contributed by atoms with E-state index in [0.29, 0.717) is 0 Å². The minimum atomic E-state index is -0.648. The molecule has 0 aliphatic carbocycles. The van der Waals surface area contributed by atoms with Gasteiger partial charge in [0.15, 0.2) is 0 Å². The highest BCUT2D eigenvalue weighted by atomic mass is 79.9. The fraction of sp³-hybridized carbons (Fsp3) is 0.364. The van der Waals surface area contributed by atoms with Crippen molar-refractivity contribution < 1.29 is 18.7 Å². The van der Waals surface area contributed by atoms with Gasteiger partial charge in [0.25, 0.3) is 0 Å². The minimum absolute atomic E-state index is 0.0166. The smallest absolute Gasteiger partial charge is 0.224 e. The Morgan fingerprint density at radius 1 is 1.47 bits per heavy atom. The van der Waals surface area contributed by atoms with Gasteiger partial charge in [0.05, 0.1) is 17.5 Å². The topological polar surface area (TPSA) is 49.3 Å². The largest absolute Gasteiger partial charge is 0.394 e. The predicted molar refractivity (Wildman–Crippen MR) is 62.5 cm³/mol. The Morgan fingerprint density at radius 2 is 2.12 bits per heavy atom.